The van der Waals surface area contributed by atoms with E-state index in [0.717, 1.165) is 50.0 Å². The van der Waals surface area contributed by atoms with Gasteiger partial charge in [-0.1, -0.05) is 50.7 Å². The van der Waals surface area contributed by atoms with Crippen LogP contribution in [0.15, 0.2) is 24.3 Å². The molecule has 0 aliphatic rings. The number of unbranched alkanes of at least 4 members (excludes halogenated alkanes) is 7. The van der Waals surface area contributed by atoms with Crippen molar-refractivity contribution in [3.05, 3.63) is 29.8 Å². The van der Waals surface area contributed by atoms with E-state index in [4.69, 9.17) is 9.84 Å². The Kier molecular flexibility index (Phi) is 12.0. The highest BCUT2D eigenvalue weighted by atomic mass is 16.5. The Bertz CT molecular complexity index is 513. The van der Waals surface area contributed by atoms with Gasteiger partial charge in [0.1, 0.15) is 5.75 Å². The number of carbonyl (C=O) groups excluding carboxylic acids is 1. The van der Waals surface area contributed by atoms with E-state index in [1.54, 1.807) is 0 Å². The number of benzene rings is 1. The van der Waals surface area contributed by atoms with Gasteiger partial charge in [-0.25, -0.2) is 0 Å². The van der Waals surface area contributed by atoms with Crippen LogP contribution >= 0.6 is 0 Å². The van der Waals surface area contributed by atoms with Gasteiger partial charge in [0.15, 0.2) is 0 Å². The molecule has 2 N–H and O–H groups in total. The number of hydrogen-bond donors (Lipinski definition) is 2. The van der Waals surface area contributed by atoms with E-state index >= 15 is 0 Å². The molecule has 1 aromatic carbocycles. The van der Waals surface area contributed by atoms with Crippen LogP contribution in [0.25, 0.3) is 0 Å². The molecule has 0 saturated carbocycles. The normalized spacial score (nSPS) is 10.5. The summed E-state index contributed by atoms with van der Waals surface area (Å²) in [5.41, 5.74) is 0.994. The third-order valence-corrected chi connectivity index (χ3v) is 4.24. The maximum Gasteiger partial charge on any atom is 0.303 e. The van der Waals surface area contributed by atoms with E-state index in [0.29, 0.717) is 13.0 Å². The van der Waals surface area contributed by atoms with E-state index in [1.807, 2.05) is 31.2 Å². The molecule has 0 saturated heterocycles. The quantitative estimate of drug-likeness (QED) is 0.455. The third-order valence-electron chi connectivity index (χ3n) is 4.24. The summed E-state index contributed by atoms with van der Waals surface area (Å²) in [6, 6.07) is 7.66. The number of carbonyl (C=O) groups is 2. The summed E-state index contributed by atoms with van der Waals surface area (Å²) in [5.74, 6) is 0.195. The summed E-state index contributed by atoms with van der Waals surface area (Å²) in [6.07, 6.45) is 9.27. The van der Waals surface area contributed by atoms with Crippen LogP contribution in [0.2, 0.25) is 0 Å². The van der Waals surface area contributed by atoms with Crippen LogP contribution in [0.3, 0.4) is 0 Å². The van der Waals surface area contributed by atoms with Crippen LogP contribution in [0.4, 0.5) is 0 Å². The molecule has 1 amide bonds. The summed E-state index contributed by atoms with van der Waals surface area (Å²) in [6.45, 7) is 3.32. The molecule has 5 nitrogen and oxygen atoms in total. The predicted molar refractivity (Wildman–Crippen MR) is 104 cm³/mol. The van der Waals surface area contributed by atoms with Crippen molar-refractivity contribution in [2.24, 2.45) is 0 Å². The van der Waals surface area contributed by atoms with Crippen molar-refractivity contribution in [1.29, 1.82) is 0 Å². The van der Waals surface area contributed by atoms with E-state index in [2.05, 4.69) is 5.32 Å². The predicted octanol–water partition coefficient (Wildman–Crippen LogP) is 4.34. The summed E-state index contributed by atoms with van der Waals surface area (Å²) in [4.78, 5) is 22.3. The number of rotatable bonds is 15. The van der Waals surface area contributed by atoms with Crippen LogP contribution < -0.4 is 10.1 Å². The third kappa shape index (κ3) is 11.5. The van der Waals surface area contributed by atoms with Crippen molar-refractivity contribution in [1.82, 2.24) is 5.32 Å². The van der Waals surface area contributed by atoms with E-state index in [9.17, 15) is 9.59 Å². The molecule has 0 unspecified atom stereocenters. The van der Waals surface area contributed by atoms with Crippen molar-refractivity contribution in [2.75, 3.05) is 13.2 Å². The molecule has 146 valence electrons. The molecule has 1 rings (SSSR count). The number of ether oxygens (including phenoxy) is 1. The van der Waals surface area contributed by atoms with Gasteiger partial charge >= 0.3 is 5.97 Å². The van der Waals surface area contributed by atoms with Gasteiger partial charge < -0.3 is 15.2 Å². The Labute approximate surface area is 157 Å². The Morgan fingerprint density at radius 3 is 2.08 bits per heavy atom. The second-order valence-electron chi connectivity index (χ2n) is 6.58. The van der Waals surface area contributed by atoms with Crippen LogP contribution in [-0.2, 0) is 16.0 Å². The van der Waals surface area contributed by atoms with Gasteiger partial charge in [0, 0.05) is 13.0 Å². The number of carboxylic acid groups (broad SMARTS) is 1. The minimum atomic E-state index is -0.699. The van der Waals surface area contributed by atoms with Crippen LogP contribution in [0, 0.1) is 0 Å². The maximum atomic E-state index is 11.9. The molecule has 0 aromatic heterocycles. The Hall–Kier alpha value is -2.04. The fraction of sp³-hybridized carbons (Fsp3) is 0.619. The topological polar surface area (TPSA) is 75.6 Å². The largest absolute Gasteiger partial charge is 0.494 e. The van der Waals surface area contributed by atoms with Crippen molar-refractivity contribution in [3.8, 4) is 5.75 Å². The van der Waals surface area contributed by atoms with Gasteiger partial charge in [-0.15, -0.1) is 0 Å². The van der Waals surface area contributed by atoms with Gasteiger partial charge in [0.25, 0.3) is 0 Å². The highest BCUT2D eigenvalue weighted by Gasteiger charge is 2.03. The lowest BCUT2D eigenvalue weighted by Crippen LogP contribution is -2.26. The molecule has 1 aromatic rings. The SMILES string of the molecule is CCOc1ccc(CC(=O)NCCCCCCCCCCC(=O)O)cc1. The average Bonchev–Trinajstić information content (AvgIpc) is 2.61. The number of hydrogen-bond acceptors (Lipinski definition) is 3. The number of carboxylic acids is 1. The van der Waals surface area contributed by atoms with Gasteiger partial charge in [-0.3, -0.25) is 9.59 Å². The first-order valence-corrected chi connectivity index (χ1v) is 9.82. The molecule has 0 aliphatic carbocycles. The first kappa shape index (κ1) is 22.0. The summed E-state index contributed by atoms with van der Waals surface area (Å²) in [7, 11) is 0. The Morgan fingerprint density at radius 1 is 0.923 bits per heavy atom. The molecule has 0 aliphatic heterocycles. The molecule has 26 heavy (non-hydrogen) atoms. The molecule has 0 spiro atoms. The average molecular weight is 363 g/mol. The summed E-state index contributed by atoms with van der Waals surface area (Å²) < 4.78 is 5.39. The van der Waals surface area contributed by atoms with Crippen LogP contribution in [-0.4, -0.2) is 30.1 Å². The number of amides is 1. The minimum absolute atomic E-state index is 0.0626. The lowest BCUT2D eigenvalue weighted by Gasteiger charge is -2.07. The molecule has 0 atom stereocenters. The zero-order valence-electron chi connectivity index (χ0n) is 16.0. The molecular weight excluding hydrogens is 330 g/mol. The second kappa shape index (κ2) is 14.2. The second-order valence-corrected chi connectivity index (χ2v) is 6.58. The monoisotopic (exact) mass is 363 g/mol. The fourth-order valence-corrected chi connectivity index (χ4v) is 2.81. The van der Waals surface area contributed by atoms with Gasteiger partial charge in [0.05, 0.1) is 13.0 Å². The van der Waals surface area contributed by atoms with Crippen molar-refractivity contribution in [3.63, 3.8) is 0 Å². The molecule has 0 radical (unpaired) electrons. The summed E-state index contributed by atoms with van der Waals surface area (Å²) in [5, 5.41) is 11.5. The number of nitrogens with one attached hydrogen (secondary N) is 1. The highest BCUT2D eigenvalue weighted by molar-refractivity contribution is 5.78. The molecule has 0 heterocycles. The highest BCUT2D eigenvalue weighted by Crippen LogP contribution is 2.12. The van der Waals surface area contributed by atoms with Crippen molar-refractivity contribution in [2.45, 2.75) is 71.1 Å². The summed E-state index contributed by atoms with van der Waals surface area (Å²) >= 11 is 0. The molecule has 0 bridgehead atoms. The minimum Gasteiger partial charge on any atom is -0.494 e. The molecular formula is C21H33NO4. The van der Waals surface area contributed by atoms with Crippen LogP contribution in [0.5, 0.6) is 5.75 Å². The zero-order chi connectivity index (χ0) is 19.0. The molecule has 0 fully saturated rings. The van der Waals surface area contributed by atoms with Gasteiger partial charge in [0.2, 0.25) is 5.91 Å². The smallest absolute Gasteiger partial charge is 0.303 e. The zero-order valence-corrected chi connectivity index (χ0v) is 16.0. The molecule has 5 heteroatoms. The number of aliphatic carboxylic acids is 1. The van der Waals surface area contributed by atoms with Crippen LogP contribution in [0.1, 0.15) is 70.3 Å². The van der Waals surface area contributed by atoms with E-state index < -0.39 is 5.97 Å². The van der Waals surface area contributed by atoms with E-state index in [1.165, 1.54) is 19.3 Å². The lowest BCUT2D eigenvalue weighted by atomic mass is 10.1. The Balaban J connectivity index is 1.95. The van der Waals surface area contributed by atoms with Gasteiger partial charge in [-0.05, 0) is 37.5 Å². The maximum absolute atomic E-state index is 11.9. The first-order valence-electron chi connectivity index (χ1n) is 9.82. The lowest BCUT2D eigenvalue weighted by molar-refractivity contribution is -0.137. The van der Waals surface area contributed by atoms with Crippen molar-refractivity contribution >= 4 is 11.9 Å². The standard InChI is InChI=1S/C21H33NO4/c1-2-26-19-14-12-18(13-15-19)17-20(23)22-16-10-8-6-4-3-5-7-9-11-21(24)25/h12-15H,2-11,16-17H2,1H3,(H,22,23)(H,24,25). The van der Waals surface area contributed by atoms with Crippen molar-refractivity contribution < 1.29 is 19.4 Å². The van der Waals surface area contributed by atoms with E-state index in [-0.39, 0.29) is 12.3 Å². The fourth-order valence-electron chi connectivity index (χ4n) is 2.81. The Morgan fingerprint density at radius 2 is 1.50 bits per heavy atom. The first-order chi connectivity index (χ1) is 12.6. The van der Waals surface area contributed by atoms with Gasteiger partial charge in [-0.2, -0.15) is 0 Å².